The Morgan fingerprint density at radius 3 is 2.79 bits per heavy atom. The number of nitrogens with zero attached hydrogens (tertiary/aromatic N) is 1. The molecule has 1 heterocycles. The summed E-state index contributed by atoms with van der Waals surface area (Å²) >= 11 is 0. The Morgan fingerprint density at radius 2 is 2.21 bits per heavy atom. The highest BCUT2D eigenvalue weighted by molar-refractivity contribution is 5.97. The Labute approximate surface area is 84.5 Å². The zero-order valence-electron chi connectivity index (χ0n) is 8.49. The van der Waals surface area contributed by atoms with Gasteiger partial charge in [-0.1, -0.05) is 23.8 Å². The predicted molar refractivity (Wildman–Crippen MR) is 56.6 cm³/mol. The van der Waals surface area contributed by atoms with Crippen molar-refractivity contribution in [2.45, 2.75) is 13.3 Å². The first kappa shape index (κ1) is 9.41. The molecule has 74 valence electrons. The highest BCUT2D eigenvalue weighted by Gasteiger charge is 2.17. The molecule has 1 aliphatic heterocycles. The van der Waals surface area contributed by atoms with Gasteiger partial charge in [0.05, 0.1) is 6.54 Å². The Hall–Kier alpha value is -1.15. The Balaban J connectivity index is 2.02. The van der Waals surface area contributed by atoms with E-state index in [1.54, 1.807) is 0 Å². The van der Waals surface area contributed by atoms with E-state index >= 15 is 0 Å². The molecule has 1 fully saturated rings. The normalized spacial score (nSPS) is 16.4. The smallest absolute Gasteiger partial charge is 0.176 e. The van der Waals surface area contributed by atoms with Crippen LogP contribution in [0.15, 0.2) is 24.3 Å². The van der Waals surface area contributed by atoms with Crippen LogP contribution in [0.1, 0.15) is 22.3 Å². The third-order valence-corrected chi connectivity index (χ3v) is 2.66. The summed E-state index contributed by atoms with van der Waals surface area (Å²) in [6.07, 6.45) is 1.24. The Bertz CT molecular complexity index is 342. The fourth-order valence-electron chi connectivity index (χ4n) is 1.65. The van der Waals surface area contributed by atoms with E-state index in [-0.39, 0.29) is 5.78 Å². The molecule has 2 heteroatoms. The van der Waals surface area contributed by atoms with Crippen LogP contribution < -0.4 is 0 Å². The van der Waals surface area contributed by atoms with E-state index in [1.807, 2.05) is 31.2 Å². The number of carbonyl (C=O) groups is 1. The van der Waals surface area contributed by atoms with E-state index in [0.717, 1.165) is 24.2 Å². The number of Topliss-reactive ketones (excluding diaryl/α,β-unsaturated/α-hetero) is 1. The molecule has 1 aromatic rings. The first-order valence-electron chi connectivity index (χ1n) is 5.08. The molecule has 0 bridgehead atoms. The molecule has 0 saturated carbocycles. The second kappa shape index (κ2) is 3.93. The monoisotopic (exact) mass is 189 g/mol. The minimum absolute atomic E-state index is 0.244. The van der Waals surface area contributed by atoms with Crippen molar-refractivity contribution in [2.75, 3.05) is 19.6 Å². The second-order valence-electron chi connectivity index (χ2n) is 3.92. The van der Waals surface area contributed by atoms with E-state index in [4.69, 9.17) is 0 Å². The van der Waals surface area contributed by atoms with Gasteiger partial charge in [0.1, 0.15) is 0 Å². The van der Waals surface area contributed by atoms with E-state index in [1.165, 1.54) is 6.42 Å². The molecule has 2 rings (SSSR count). The van der Waals surface area contributed by atoms with Crippen molar-refractivity contribution in [3.8, 4) is 0 Å². The third-order valence-electron chi connectivity index (χ3n) is 2.66. The first-order valence-corrected chi connectivity index (χ1v) is 5.08. The van der Waals surface area contributed by atoms with Gasteiger partial charge in [-0.15, -0.1) is 0 Å². The van der Waals surface area contributed by atoms with Crippen LogP contribution in [0, 0.1) is 6.92 Å². The lowest BCUT2D eigenvalue weighted by molar-refractivity contribution is 0.0875. The maximum atomic E-state index is 11.8. The molecular weight excluding hydrogens is 174 g/mol. The van der Waals surface area contributed by atoms with Crippen LogP contribution in [0.2, 0.25) is 0 Å². The van der Waals surface area contributed by atoms with Crippen molar-refractivity contribution in [1.29, 1.82) is 0 Å². The van der Waals surface area contributed by atoms with E-state index < -0.39 is 0 Å². The highest BCUT2D eigenvalue weighted by Crippen LogP contribution is 2.09. The molecule has 1 saturated heterocycles. The number of hydrogen-bond acceptors (Lipinski definition) is 2. The van der Waals surface area contributed by atoms with Gasteiger partial charge in [-0.05, 0) is 32.5 Å². The molecule has 14 heavy (non-hydrogen) atoms. The van der Waals surface area contributed by atoms with Crippen molar-refractivity contribution in [3.05, 3.63) is 35.4 Å². The largest absolute Gasteiger partial charge is 0.296 e. The van der Waals surface area contributed by atoms with Crippen LogP contribution in [-0.4, -0.2) is 30.3 Å². The van der Waals surface area contributed by atoms with Crippen LogP contribution in [0.4, 0.5) is 0 Å². The lowest BCUT2D eigenvalue weighted by atomic mass is 10.1. The van der Waals surface area contributed by atoms with Gasteiger partial charge in [0, 0.05) is 5.56 Å². The molecule has 0 aromatic heterocycles. The van der Waals surface area contributed by atoms with Gasteiger partial charge < -0.3 is 0 Å². The Morgan fingerprint density at radius 1 is 1.43 bits per heavy atom. The zero-order valence-corrected chi connectivity index (χ0v) is 8.49. The van der Waals surface area contributed by atoms with Gasteiger partial charge in [0.15, 0.2) is 5.78 Å². The maximum absolute atomic E-state index is 11.8. The Kier molecular flexibility index (Phi) is 2.64. The van der Waals surface area contributed by atoms with Gasteiger partial charge in [-0.2, -0.15) is 0 Å². The van der Waals surface area contributed by atoms with Gasteiger partial charge in [0.2, 0.25) is 0 Å². The number of rotatable bonds is 3. The van der Waals surface area contributed by atoms with Crippen LogP contribution >= 0.6 is 0 Å². The molecule has 0 N–H and O–H groups in total. The fourth-order valence-corrected chi connectivity index (χ4v) is 1.65. The lowest BCUT2D eigenvalue weighted by Gasteiger charge is -2.29. The average molecular weight is 189 g/mol. The SMILES string of the molecule is Cc1cccc(C(=O)CN2CCC2)c1. The molecule has 0 aliphatic carbocycles. The molecule has 0 amide bonds. The summed E-state index contributed by atoms with van der Waals surface area (Å²) in [5.74, 6) is 0.244. The molecule has 0 spiro atoms. The molecule has 0 atom stereocenters. The summed E-state index contributed by atoms with van der Waals surface area (Å²) < 4.78 is 0. The summed E-state index contributed by atoms with van der Waals surface area (Å²) in [6.45, 7) is 4.76. The number of benzene rings is 1. The number of hydrogen-bond donors (Lipinski definition) is 0. The lowest BCUT2D eigenvalue weighted by Crippen LogP contribution is -2.40. The van der Waals surface area contributed by atoms with Crippen LogP contribution in [0.3, 0.4) is 0 Å². The summed E-state index contributed by atoms with van der Waals surface area (Å²) in [5.41, 5.74) is 2.00. The maximum Gasteiger partial charge on any atom is 0.176 e. The van der Waals surface area contributed by atoms with Gasteiger partial charge in [-0.25, -0.2) is 0 Å². The number of ketones is 1. The number of likely N-dealkylation sites (tertiary alicyclic amines) is 1. The molecule has 0 unspecified atom stereocenters. The van der Waals surface area contributed by atoms with Crippen LogP contribution in [0.25, 0.3) is 0 Å². The van der Waals surface area contributed by atoms with Gasteiger partial charge in [0.25, 0.3) is 0 Å². The number of aryl methyl sites for hydroxylation is 1. The van der Waals surface area contributed by atoms with Crippen molar-refractivity contribution in [2.24, 2.45) is 0 Å². The molecular formula is C12H15NO. The first-order chi connectivity index (χ1) is 6.75. The summed E-state index contributed by atoms with van der Waals surface area (Å²) in [6, 6.07) is 7.82. The van der Waals surface area contributed by atoms with Crippen molar-refractivity contribution in [3.63, 3.8) is 0 Å². The van der Waals surface area contributed by atoms with Crippen molar-refractivity contribution < 1.29 is 4.79 Å². The molecule has 1 aromatic carbocycles. The minimum atomic E-state index is 0.244. The number of carbonyl (C=O) groups excluding carboxylic acids is 1. The van der Waals surface area contributed by atoms with Crippen molar-refractivity contribution >= 4 is 5.78 Å². The van der Waals surface area contributed by atoms with E-state index in [0.29, 0.717) is 6.54 Å². The van der Waals surface area contributed by atoms with Crippen LogP contribution in [0.5, 0.6) is 0 Å². The van der Waals surface area contributed by atoms with E-state index in [2.05, 4.69) is 4.90 Å². The van der Waals surface area contributed by atoms with Crippen LogP contribution in [-0.2, 0) is 0 Å². The van der Waals surface area contributed by atoms with Gasteiger partial charge in [-0.3, -0.25) is 9.69 Å². The van der Waals surface area contributed by atoms with Crippen molar-refractivity contribution in [1.82, 2.24) is 4.90 Å². The molecule has 0 radical (unpaired) electrons. The average Bonchev–Trinajstić information content (AvgIpc) is 2.11. The second-order valence-corrected chi connectivity index (χ2v) is 3.92. The quantitative estimate of drug-likeness (QED) is 0.677. The summed E-state index contributed by atoms with van der Waals surface area (Å²) in [5, 5.41) is 0. The van der Waals surface area contributed by atoms with Gasteiger partial charge >= 0.3 is 0 Å². The third kappa shape index (κ3) is 2.02. The summed E-state index contributed by atoms with van der Waals surface area (Å²) in [4.78, 5) is 13.9. The molecule has 2 nitrogen and oxygen atoms in total. The predicted octanol–water partition coefficient (Wildman–Crippen LogP) is 1.88. The molecule has 1 aliphatic rings. The summed E-state index contributed by atoms with van der Waals surface area (Å²) in [7, 11) is 0. The fraction of sp³-hybridized carbons (Fsp3) is 0.417. The van der Waals surface area contributed by atoms with E-state index in [9.17, 15) is 4.79 Å². The zero-order chi connectivity index (χ0) is 9.97. The standard InChI is InChI=1S/C12H15NO/c1-10-4-2-5-11(8-10)12(14)9-13-6-3-7-13/h2,4-5,8H,3,6-7,9H2,1H3. The minimum Gasteiger partial charge on any atom is -0.296 e. The highest BCUT2D eigenvalue weighted by atomic mass is 16.1. The topological polar surface area (TPSA) is 20.3 Å².